The predicted molar refractivity (Wildman–Crippen MR) is 104 cm³/mol. The summed E-state index contributed by atoms with van der Waals surface area (Å²) in [4.78, 5) is 38.9. The number of nitrogens with zero attached hydrogens (tertiary/aromatic N) is 4. The first-order valence-corrected chi connectivity index (χ1v) is 9.90. The van der Waals surface area contributed by atoms with Gasteiger partial charge in [-0.2, -0.15) is 5.10 Å². The minimum atomic E-state index is -0.452. The number of rotatable bonds is 5. The van der Waals surface area contributed by atoms with Crippen LogP contribution in [0.15, 0.2) is 29.1 Å². The molecule has 2 heterocycles. The van der Waals surface area contributed by atoms with Crippen molar-refractivity contribution in [3.05, 3.63) is 46.4 Å². The van der Waals surface area contributed by atoms with Gasteiger partial charge in [-0.15, -0.1) is 0 Å². The minimum absolute atomic E-state index is 0.0727. The van der Waals surface area contributed by atoms with E-state index in [2.05, 4.69) is 10.4 Å². The molecular weight excluding hydrogens is 377 g/mol. The molecule has 1 saturated carbocycles. The summed E-state index contributed by atoms with van der Waals surface area (Å²) in [6.07, 6.45) is 3.49. The van der Waals surface area contributed by atoms with Crippen molar-refractivity contribution in [2.75, 3.05) is 18.4 Å². The number of anilines is 1. The smallest absolute Gasteiger partial charge is 0.342 e. The molecule has 0 bridgehead atoms. The van der Waals surface area contributed by atoms with Crippen molar-refractivity contribution < 1.29 is 14.0 Å². The monoisotopic (exact) mass is 401 g/mol. The summed E-state index contributed by atoms with van der Waals surface area (Å²) in [5.74, 6) is 0.262. The lowest BCUT2D eigenvalue weighted by Gasteiger charge is -2.31. The molecule has 0 atom stereocenters. The van der Waals surface area contributed by atoms with Crippen LogP contribution in [0.1, 0.15) is 37.4 Å². The zero-order valence-corrected chi connectivity index (χ0v) is 16.3. The Balaban J connectivity index is 1.40. The van der Waals surface area contributed by atoms with Crippen LogP contribution in [0.2, 0.25) is 0 Å². The Morgan fingerprint density at radius 3 is 2.59 bits per heavy atom. The minimum Gasteiger partial charge on any atom is -0.342 e. The summed E-state index contributed by atoms with van der Waals surface area (Å²) in [6, 6.07) is 5.57. The molecule has 0 spiro atoms. The van der Waals surface area contributed by atoms with Crippen molar-refractivity contribution in [2.24, 2.45) is 13.0 Å². The Hall–Kier alpha value is -2.97. The van der Waals surface area contributed by atoms with Gasteiger partial charge in [-0.1, -0.05) is 6.07 Å². The number of aromatic nitrogens is 3. The molecule has 2 aliphatic rings. The quantitative estimate of drug-likeness (QED) is 0.822. The third-order valence-electron chi connectivity index (χ3n) is 5.57. The van der Waals surface area contributed by atoms with Crippen molar-refractivity contribution in [3.63, 3.8) is 0 Å². The maximum atomic E-state index is 13.2. The van der Waals surface area contributed by atoms with Crippen LogP contribution in [0, 0.1) is 11.7 Å². The lowest BCUT2D eigenvalue weighted by atomic mass is 9.95. The van der Waals surface area contributed by atoms with E-state index in [1.54, 1.807) is 13.1 Å². The highest BCUT2D eigenvalue weighted by atomic mass is 19.1. The molecule has 2 fully saturated rings. The Kier molecular flexibility index (Phi) is 5.21. The molecule has 0 radical (unpaired) electrons. The summed E-state index contributed by atoms with van der Waals surface area (Å²) >= 11 is 0. The molecule has 2 amide bonds. The van der Waals surface area contributed by atoms with Gasteiger partial charge >= 0.3 is 5.69 Å². The van der Waals surface area contributed by atoms with Gasteiger partial charge in [0, 0.05) is 37.7 Å². The Labute approximate surface area is 167 Å². The summed E-state index contributed by atoms with van der Waals surface area (Å²) in [7, 11) is 1.65. The van der Waals surface area contributed by atoms with Crippen LogP contribution in [0.3, 0.4) is 0 Å². The van der Waals surface area contributed by atoms with Gasteiger partial charge in [0.05, 0.1) is 0 Å². The van der Waals surface area contributed by atoms with Gasteiger partial charge in [0.25, 0.3) is 0 Å². The number of benzene rings is 1. The number of likely N-dealkylation sites (tertiary alicyclic amines) is 1. The van der Waals surface area contributed by atoms with Gasteiger partial charge in [0.2, 0.25) is 11.8 Å². The maximum Gasteiger partial charge on any atom is 0.346 e. The first-order chi connectivity index (χ1) is 13.9. The van der Waals surface area contributed by atoms with E-state index in [0.717, 1.165) is 30.4 Å². The van der Waals surface area contributed by atoms with Crippen molar-refractivity contribution >= 4 is 17.5 Å². The molecular formula is C20H24FN5O3. The van der Waals surface area contributed by atoms with Gasteiger partial charge in [-0.25, -0.2) is 13.9 Å². The van der Waals surface area contributed by atoms with E-state index in [1.165, 1.54) is 22.8 Å². The number of amides is 2. The number of nitrogens with one attached hydrogen (secondary N) is 1. The molecule has 1 aromatic heterocycles. The lowest BCUT2D eigenvalue weighted by Crippen LogP contribution is -2.39. The number of carbonyl (C=O) groups excluding carboxylic acids is 2. The van der Waals surface area contributed by atoms with E-state index in [9.17, 15) is 18.8 Å². The van der Waals surface area contributed by atoms with Crippen molar-refractivity contribution in [3.8, 4) is 0 Å². The van der Waals surface area contributed by atoms with E-state index >= 15 is 0 Å². The fourth-order valence-corrected chi connectivity index (χ4v) is 3.81. The molecule has 2 aromatic rings. The van der Waals surface area contributed by atoms with Gasteiger partial charge in [-0.05, 0) is 43.9 Å². The lowest BCUT2D eigenvalue weighted by molar-refractivity contribution is -0.133. The highest BCUT2D eigenvalue weighted by Crippen LogP contribution is 2.33. The summed E-state index contributed by atoms with van der Waals surface area (Å²) in [5, 5.41) is 6.95. The van der Waals surface area contributed by atoms with Crippen LogP contribution < -0.4 is 11.0 Å². The van der Waals surface area contributed by atoms with Crippen LogP contribution in [0.25, 0.3) is 0 Å². The Morgan fingerprint density at radius 1 is 1.21 bits per heavy atom. The zero-order valence-electron chi connectivity index (χ0n) is 16.3. The highest BCUT2D eigenvalue weighted by molar-refractivity contribution is 5.90. The second-order valence-electron chi connectivity index (χ2n) is 7.79. The number of halogens is 1. The van der Waals surface area contributed by atoms with Gasteiger partial charge in [0.1, 0.15) is 18.2 Å². The van der Waals surface area contributed by atoms with Crippen LogP contribution >= 0.6 is 0 Å². The predicted octanol–water partition coefficient (Wildman–Crippen LogP) is 1.48. The molecule has 1 saturated heterocycles. The highest BCUT2D eigenvalue weighted by Gasteiger charge is 2.36. The van der Waals surface area contributed by atoms with Gasteiger partial charge in [0.15, 0.2) is 0 Å². The van der Waals surface area contributed by atoms with E-state index < -0.39 is 11.7 Å². The zero-order chi connectivity index (χ0) is 20.5. The fourth-order valence-electron chi connectivity index (χ4n) is 3.81. The molecule has 1 aliphatic carbocycles. The molecule has 0 unspecified atom stereocenters. The molecule has 29 heavy (non-hydrogen) atoms. The number of carbonyl (C=O) groups is 2. The molecule has 1 aliphatic heterocycles. The summed E-state index contributed by atoms with van der Waals surface area (Å²) in [5.41, 5.74) is -0.0437. The Morgan fingerprint density at radius 2 is 1.93 bits per heavy atom. The second-order valence-corrected chi connectivity index (χ2v) is 7.79. The van der Waals surface area contributed by atoms with Crippen molar-refractivity contribution in [1.29, 1.82) is 0 Å². The maximum absolute atomic E-state index is 13.2. The van der Waals surface area contributed by atoms with Gasteiger partial charge < -0.3 is 10.2 Å². The van der Waals surface area contributed by atoms with E-state index in [1.807, 2.05) is 4.90 Å². The summed E-state index contributed by atoms with van der Waals surface area (Å²) < 4.78 is 15.9. The van der Waals surface area contributed by atoms with Gasteiger partial charge in [-0.3, -0.25) is 14.2 Å². The van der Waals surface area contributed by atoms with E-state index in [-0.39, 0.29) is 30.0 Å². The molecule has 1 N–H and O–H groups in total. The van der Waals surface area contributed by atoms with Crippen molar-refractivity contribution in [1.82, 2.24) is 19.2 Å². The normalized spacial score (nSPS) is 17.4. The topological polar surface area (TPSA) is 89.2 Å². The number of hydrogen-bond acceptors (Lipinski definition) is 4. The standard InChI is InChI=1S/C20H24FN5O3/c1-24-18(13-7-9-25(10-8-13)19(28)14-5-6-14)23-26(20(24)29)12-17(27)22-16-4-2-3-15(21)11-16/h2-4,11,13-14H,5-10,12H2,1H3,(H,22,27). The van der Waals surface area contributed by atoms with Crippen LogP contribution in [0.5, 0.6) is 0 Å². The summed E-state index contributed by atoms with van der Waals surface area (Å²) in [6.45, 7) is 1.09. The number of piperidine rings is 1. The molecule has 8 nitrogen and oxygen atoms in total. The molecule has 1 aromatic carbocycles. The van der Waals surface area contributed by atoms with Crippen LogP contribution in [0.4, 0.5) is 10.1 Å². The molecule has 4 rings (SSSR count). The Bertz CT molecular complexity index is 986. The van der Waals surface area contributed by atoms with Crippen molar-refractivity contribution in [2.45, 2.75) is 38.1 Å². The third-order valence-corrected chi connectivity index (χ3v) is 5.57. The van der Waals surface area contributed by atoms with E-state index in [4.69, 9.17) is 0 Å². The first-order valence-electron chi connectivity index (χ1n) is 9.90. The average Bonchev–Trinajstić information content (AvgIpc) is 3.51. The molecule has 154 valence electrons. The molecule has 9 heteroatoms. The van der Waals surface area contributed by atoms with Crippen LogP contribution in [-0.4, -0.2) is 44.2 Å². The van der Waals surface area contributed by atoms with E-state index in [0.29, 0.717) is 24.6 Å². The third kappa shape index (κ3) is 4.23. The SMILES string of the molecule is Cn1c(C2CCN(C(=O)C3CC3)CC2)nn(CC(=O)Nc2cccc(F)c2)c1=O. The largest absolute Gasteiger partial charge is 0.346 e. The first kappa shape index (κ1) is 19.4. The van der Waals surface area contributed by atoms with Crippen LogP contribution in [-0.2, 0) is 23.2 Å². The average molecular weight is 401 g/mol. The second kappa shape index (κ2) is 7.81. The fraction of sp³-hybridized carbons (Fsp3) is 0.500. The number of hydrogen-bond donors (Lipinski definition) is 1.